The van der Waals surface area contributed by atoms with Gasteiger partial charge in [-0.05, 0) is 39.0 Å². The lowest BCUT2D eigenvalue weighted by Crippen LogP contribution is -2.50. The van der Waals surface area contributed by atoms with E-state index in [9.17, 15) is 9.59 Å². The lowest BCUT2D eigenvalue weighted by atomic mass is 9.75. The summed E-state index contributed by atoms with van der Waals surface area (Å²) in [7, 11) is 0. The first-order chi connectivity index (χ1) is 14.2. The number of carbonyl (C=O) groups is 2. The summed E-state index contributed by atoms with van der Waals surface area (Å²) in [4.78, 5) is 27.7. The van der Waals surface area contributed by atoms with Crippen LogP contribution in [-0.2, 0) is 9.59 Å². The van der Waals surface area contributed by atoms with E-state index in [0.717, 1.165) is 58.0 Å². The summed E-state index contributed by atoms with van der Waals surface area (Å²) < 4.78 is 0. The second-order valence-electron chi connectivity index (χ2n) is 10.4. The number of unbranched alkanes of at least 4 members (excludes halogenated alkanes) is 5. The summed E-state index contributed by atoms with van der Waals surface area (Å²) in [6, 6.07) is 0. The monoisotopic (exact) mass is 422 g/mol. The van der Waals surface area contributed by atoms with Crippen molar-refractivity contribution >= 4 is 11.7 Å². The van der Waals surface area contributed by atoms with Gasteiger partial charge in [0.2, 0.25) is 5.91 Å². The Balaban J connectivity index is 2.41. The largest absolute Gasteiger partial charge is 0.342 e. The summed E-state index contributed by atoms with van der Waals surface area (Å²) in [6.07, 6.45) is 13.5. The molecule has 1 N–H and O–H groups in total. The zero-order valence-electron chi connectivity index (χ0n) is 20.9. The van der Waals surface area contributed by atoms with E-state index in [-0.39, 0.29) is 22.8 Å². The molecule has 1 heterocycles. The molecular formula is C26H50N2O2. The summed E-state index contributed by atoms with van der Waals surface area (Å²) in [6.45, 7) is 14.9. The smallest absolute Gasteiger partial charge is 0.236 e. The third kappa shape index (κ3) is 9.08. The number of piperidine rings is 1. The number of nitrogens with zero attached hydrogens (tertiary/aromatic N) is 1. The van der Waals surface area contributed by atoms with Gasteiger partial charge in [-0.25, -0.2) is 0 Å². The second kappa shape index (κ2) is 13.5. The van der Waals surface area contributed by atoms with Crippen molar-refractivity contribution in [2.75, 3.05) is 19.6 Å². The molecule has 1 rings (SSSR count). The zero-order valence-corrected chi connectivity index (χ0v) is 20.9. The molecule has 1 aliphatic heterocycles. The summed E-state index contributed by atoms with van der Waals surface area (Å²) in [5, 5.41) is 3.56. The van der Waals surface area contributed by atoms with Crippen molar-refractivity contribution < 1.29 is 9.59 Å². The first-order valence-corrected chi connectivity index (χ1v) is 12.8. The molecule has 0 saturated carbocycles. The van der Waals surface area contributed by atoms with Crippen LogP contribution in [0.25, 0.3) is 0 Å². The van der Waals surface area contributed by atoms with E-state index >= 15 is 0 Å². The van der Waals surface area contributed by atoms with Gasteiger partial charge in [0.1, 0.15) is 5.78 Å². The van der Waals surface area contributed by atoms with Crippen molar-refractivity contribution in [1.29, 1.82) is 0 Å². The number of amides is 1. The maximum Gasteiger partial charge on any atom is 0.236 e. The van der Waals surface area contributed by atoms with Crippen molar-refractivity contribution in [3.8, 4) is 0 Å². The number of carbonyl (C=O) groups excluding carboxylic acids is 2. The van der Waals surface area contributed by atoms with Gasteiger partial charge < -0.3 is 10.2 Å². The van der Waals surface area contributed by atoms with Crippen molar-refractivity contribution in [3.05, 3.63) is 0 Å². The SMILES string of the molecule is CCCCCCCC(C)(CC)NCC(=O)N1CCC(C(=O)C(C)(C)CCCC)CC1. The van der Waals surface area contributed by atoms with Crippen LogP contribution < -0.4 is 5.32 Å². The number of rotatable bonds is 15. The van der Waals surface area contributed by atoms with Gasteiger partial charge in [0.15, 0.2) is 0 Å². The molecule has 1 atom stereocenters. The summed E-state index contributed by atoms with van der Waals surface area (Å²) in [5.41, 5.74) is -0.187. The van der Waals surface area contributed by atoms with Crippen molar-refractivity contribution in [2.45, 2.75) is 124 Å². The van der Waals surface area contributed by atoms with Gasteiger partial charge in [0, 0.05) is 30.0 Å². The lowest BCUT2D eigenvalue weighted by molar-refractivity contribution is -0.138. The molecule has 1 fully saturated rings. The van der Waals surface area contributed by atoms with Crippen LogP contribution in [0.2, 0.25) is 0 Å². The van der Waals surface area contributed by atoms with Crippen LogP contribution >= 0.6 is 0 Å². The number of nitrogens with one attached hydrogen (secondary N) is 1. The number of Topliss-reactive ketones (excluding diaryl/α,β-unsaturated/α-hetero) is 1. The fourth-order valence-electron chi connectivity index (χ4n) is 4.60. The van der Waals surface area contributed by atoms with Gasteiger partial charge in [0.25, 0.3) is 0 Å². The highest BCUT2D eigenvalue weighted by Gasteiger charge is 2.35. The average Bonchev–Trinajstić information content (AvgIpc) is 2.75. The maximum absolute atomic E-state index is 12.9. The number of ketones is 1. The van der Waals surface area contributed by atoms with Gasteiger partial charge in [-0.15, -0.1) is 0 Å². The minimum atomic E-state index is -0.228. The molecule has 0 aromatic heterocycles. The van der Waals surface area contributed by atoms with Crippen LogP contribution in [0.4, 0.5) is 0 Å². The van der Waals surface area contributed by atoms with Gasteiger partial charge >= 0.3 is 0 Å². The van der Waals surface area contributed by atoms with Gasteiger partial charge in [-0.1, -0.05) is 79.6 Å². The third-order valence-electron chi connectivity index (χ3n) is 7.32. The molecule has 176 valence electrons. The molecular weight excluding hydrogens is 372 g/mol. The van der Waals surface area contributed by atoms with E-state index in [4.69, 9.17) is 0 Å². The van der Waals surface area contributed by atoms with E-state index in [1.54, 1.807) is 0 Å². The minimum absolute atomic E-state index is 0.0411. The van der Waals surface area contributed by atoms with Crippen molar-refractivity contribution in [3.63, 3.8) is 0 Å². The quantitative estimate of drug-likeness (QED) is 0.323. The van der Waals surface area contributed by atoms with Gasteiger partial charge in [-0.3, -0.25) is 9.59 Å². The molecule has 1 amide bonds. The Morgan fingerprint density at radius 2 is 1.47 bits per heavy atom. The lowest BCUT2D eigenvalue weighted by Gasteiger charge is -2.36. The first-order valence-electron chi connectivity index (χ1n) is 12.8. The summed E-state index contributed by atoms with van der Waals surface area (Å²) >= 11 is 0. The number of hydrogen-bond acceptors (Lipinski definition) is 3. The summed E-state index contributed by atoms with van der Waals surface area (Å²) in [5.74, 6) is 0.720. The topological polar surface area (TPSA) is 49.4 Å². The molecule has 1 aliphatic rings. The highest BCUT2D eigenvalue weighted by molar-refractivity contribution is 5.86. The van der Waals surface area contributed by atoms with E-state index in [1.807, 2.05) is 4.90 Å². The van der Waals surface area contributed by atoms with Crippen LogP contribution in [0.3, 0.4) is 0 Å². The molecule has 0 aromatic carbocycles. The second-order valence-corrected chi connectivity index (χ2v) is 10.4. The Labute approximate surface area is 186 Å². The van der Waals surface area contributed by atoms with Crippen LogP contribution in [0.15, 0.2) is 0 Å². The molecule has 0 radical (unpaired) electrons. The molecule has 1 saturated heterocycles. The Kier molecular flexibility index (Phi) is 12.2. The van der Waals surface area contributed by atoms with Crippen LogP contribution in [0.5, 0.6) is 0 Å². The molecule has 4 nitrogen and oxygen atoms in total. The Hall–Kier alpha value is -0.900. The normalized spacial score (nSPS) is 17.7. The molecule has 0 aromatic rings. The Morgan fingerprint density at radius 1 is 0.867 bits per heavy atom. The van der Waals surface area contributed by atoms with E-state index in [1.165, 1.54) is 32.1 Å². The van der Waals surface area contributed by atoms with Gasteiger partial charge in [-0.2, -0.15) is 0 Å². The van der Waals surface area contributed by atoms with Crippen LogP contribution in [0, 0.1) is 11.3 Å². The molecule has 0 bridgehead atoms. The first kappa shape index (κ1) is 27.1. The Morgan fingerprint density at radius 3 is 2.03 bits per heavy atom. The minimum Gasteiger partial charge on any atom is -0.342 e. The molecule has 0 spiro atoms. The van der Waals surface area contributed by atoms with E-state index in [2.05, 4.69) is 46.9 Å². The maximum atomic E-state index is 12.9. The van der Waals surface area contributed by atoms with Crippen LogP contribution in [0.1, 0.15) is 119 Å². The highest BCUT2D eigenvalue weighted by atomic mass is 16.2. The Bertz CT molecular complexity index is 509. The fraction of sp³-hybridized carbons (Fsp3) is 0.923. The molecule has 4 heteroatoms. The average molecular weight is 423 g/mol. The van der Waals surface area contributed by atoms with Crippen molar-refractivity contribution in [2.24, 2.45) is 11.3 Å². The highest BCUT2D eigenvalue weighted by Crippen LogP contribution is 2.32. The molecule has 1 unspecified atom stereocenters. The van der Waals surface area contributed by atoms with Crippen LogP contribution in [-0.4, -0.2) is 41.8 Å². The predicted molar refractivity (Wildman–Crippen MR) is 128 cm³/mol. The fourth-order valence-corrected chi connectivity index (χ4v) is 4.60. The zero-order chi connectivity index (χ0) is 22.6. The standard InChI is InChI=1S/C26H50N2O2/c1-7-10-12-13-14-18-26(6,9-3)27-21-23(29)28-19-15-22(16-20-28)24(30)25(4,5)17-11-8-2/h22,27H,7-21H2,1-6H3. The number of likely N-dealkylation sites (tertiary alicyclic amines) is 1. The van der Waals surface area contributed by atoms with Gasteiger partial charge in [0.05, 0.1) is 6.54 Å². The van der Waals surface area contributed by atoms with Crippen molar-refractivity contribution in [1.82, 2.24) is 10.2 Å². The van der Waals surface area contributed by atoms with E-state index < -0.39 is 0 Å². The number of hydrogen-bond donors (Lipinski definition) is 1. The molecule has 30 heavy (non-hydrogen) atoms. The predicted octanol–water partition coefficient (Wildman–Crippen LogP) is 6.13. The van der Waals surface area contributed by atoms with E-state index in [0.29, 0.717) is 12.3 Å². The molecule has 0 aliphatic carbocycles. The third-order valence-corrected chi connectivity index (χ3v) is 7.32.